The normalized spacial score (nSPS) is 18.0. The van der Waals surface area contributed by atoms with E-state index in [9.17, 15) is 22.4 Å². The molecule has 218 valence electrons. The number of sulfonamides is 1. The second-order valence-corrected chi connectivity index (χ2v) is 12.2. The molecule has 0 spiro atoms. The second kappa shape index (κ2) is 13.8. The Morgan fingerprint density at radius 3 is 2.07 bits per heavy atom. The smallest absolute Gasteiger partial charge is 0.317 e. The summed E-state index contributed by atoms with van der Waals surface area (Å²) in [5.74, 6) is -1.47. The highest BCUT2D eigenvalue weighted by atomic mass is 32.2. The molecule has 0 aromatic heterocycles. The number of hydrogen-bond donors (Lipinski definition) is 4. The number of benzene rings is 3. The molecule has 1 fully saturated rings. The van der Waals surface area contributed by atoms with Crippen molar-refractivity contribution < 1.29 is 27.5 Å². The average Bonchev–Trinajstić information content (AvgIpc) is 2.96. The van der Waals surface area contributed by atoms with Crippen molar-refractivity contribution in [1.29, 1.82) is 0 Å². The lowest BCUT2D eigenvalue weighted by atomic mass is 9.85. The summed E-state index contributed by atoms with van der Waals surface area (Å²) in [6.45, 7) is 2.35. The summed E-state index contributed by atoms with van der Waals surface area (Å²) < 4.78 is 42.1. The van der Waals surface area contributed by atoms with Crippen LogP contribution in [0.2, 0.25) is 0 Å². The third-order valence-electron chi connectivity index (χ3n) is 7.47. The van der Waals surface area contributed by atoms with E-state index in [1.165, 1.54) is 12.1 Å². The van der Waals surface area contributed by atoms with Crippen LogP contribution in [0.4, 0.5) is 4.39 Å². The number of carbonyl (C=O) groups excluding carboxylic acids is 1. The van der Waals surface area contributed by atoms with E-state index in [0.717, 1.165) is 22.3 Å². The molecule has 1 saturated carbocycles. The standard InChI is InChI=1S/C31H36FN3O5S/c1-21(23-6-12-27(32)13-7-23)34-31(38)26-8-14-28(15-9-26)35-41(39,40)29-16-10-25(11-17-29)24-4-2-22(3-5-24)18-19-33-20-30(36)37/h2-7,10-13,16-17,21,26,28,33,35H,8-9,14-15,18-20H2,1H3,(H,34,38)(H,36,37)/t21-,26?,28?/m1/s1. The summed E-state index contributed by atoms with van der Waals surface area (Å²) in [6.07, 6.45) is 3.01. The predicted molar refractivity (Wildman–Crippen MR) is 155 cm³/mol. The molecular weight excluding hydrogens is 545 g/mol. The van der Waals surface area contributed by atoms with Crippen molar-refractivity contribution in [3.8, 4) is 11.1 Å². The second-order valence-electron chi connectivity index (χ2n) is 10.5. The van der Waals surface area contributed by atoms with Crippen LogP contribution in [-0.2, 0) is 26.0 Å². The van der Waals surface area contributed by atoms with Crippen molar-refractivity contribution in [1.82, 2.24) is 15.4 Å². The van der Waals surface area contributed by atoms with E-state index < -0.39 is 16.0 Å². The molecular formula is C31H36FN3O5S. The number of nitrogens with one attached hydrogen (secondary N) is 3. The zero-order valence-electron chi connectivity index (χ0n) is 23.0. The van der Waals surface area contributed by atoms with Crippen molar-refractivity contribution in [2.24, 2.45) is 5.92 Å². The molecule has 4 rings (SSSR count). The molecule has 0 radical (unpaired) electrons. The van der Waals surface area contributed by atoms with Gasteiger partial charge in [-0.05, 0) is 92.1 Å². The summed E-state index contributed by atoms with van der Waals surface area (Å²) in [6, 6.07) is 20.2. The van der Waals surface area contributed by atoms with Crippen LogP contribution < -0.4 is 15.4 Å². The Bertz CT molecular complexity index is 1420. The van der Waals surface area contributed by atoms with E-state index in [1.54, 1.807) is 36.4 Å². The van der Waals surface area contributed by atoms with Gasteiger partial charge in [-0.2, -0.15) is 0 Å². The maximum absolute atomic E-state index is 13.2. The Hall–Kier alpha value is -3.60. The molecule has 3 aromatic carbocycles. The molecule has 41 heavy (non-hydrogen) atoms. The van der Waals surface area contributed by atoms with Gasteiger partial charge in [0.1, 0.15) is 5.82 Å². The van der Waals surface area contributed by atoms with E-state index in [-0.39, 0.29) is 41.2 Å². The Morgan fingerprint density at radius 2 is 1.49 bits per heavy atom. The summed E-state index contributed by atoms with van der Waals surface area (Å²) in [7, 11) is -3.71. The van der Waals surface area contributed by atoms with Gasteiger partial charge in [-0.3, -0.25) is 9.59 Å². The summed E-state index contributed by atoms with van der Waals surface area (Å²) in [5, 5.41) is 14.5. The first kappa shape index (κ1) is 30.4. The Morgan fingerprint density at radius 1 is 0.902 bits per heavy atom. The fraction of sp³-hybridized carbons (Fsp3) is 0.355. The topological polar surface area (TPSA) is 125 Å². The first-order valence-electron chi connectivity index (χ1n) is 13.8. The molecule has 1 atom stereocenters. The van der Waals surface area contributed by atoms with Crippen molar-refractivity contribution in [2.45, 2.75) is 56.0 Å². The van der Waals surface area contributed by atoms with Gasteiger partial charge < -0.3 is 15.7 Å². The molecule has 0 unspecified atom stereocenters. The van der Waals surface area contributed by atoms with Gasteiger partial charge in [0.15, 0.2) is 0 Å². The monoisotopic (exact) mass is 581 g/mol. The van der Waals surface area contributed by atoms with Gasteiger partial charge in [0.05, 0.1) is 17.5 Å². The van der Waals surface area contributed by atoms with Crippen molar-refractivity contribution in [3.05, 3.63) is 89.7 Å². The summed E-state index contributed by atoms with van der Waals surface area (Å²) in [4.78, 5) is 23.5. The van der Waals surface area contributed by atoms with Crippen LogP contribution >= 0.6 is 0 Å². The molecule has 10 heteroatoms. The minimum atomic E-state index is -3.71. The molecule has 0 saturated heterocycles. The minimum absolute atomic E-state index is 0.0680. The largest absolute Gasteiger partial charge is 0.480 e. The SMILES string of the molecule is C[C@@H](NC(=O)C1CCC(NS(=O)(=O)c2ccc(-c3ccc(CCNCC(=O)O)cc3)cc2)CC1)c1ccc(F)cc1. The third-order valence-corrected chi connectivity index (χ3v) is 9.00. The first-order valence-corrected chi connectivity index (χ1v) is 15.3. The maximum atomic E-state index is 13.2. The number of amides is 1. The van der Waals surface area contributed by atoms with Crippen molar-refractivity contribution >= 4 is 21.9 Å². The van der Waals surface area contributed by atoms with Crippen LogP contribution in [-0.4, -0.2) is 44.5 Å². The number of carbonyl (C=O) groups is 2. The Kier molecular flexibility index (Phi) is 10.3. The zero-order chi connectivity index (χ0) is 29.4. The molecule has 4 N–H and O–H groups in total. The fourth-order valence-electron chi connectivity index (χ4n) is 5.05. The van der Waals surface area contributed by atoms with Gasteiger partial charge in [0.2, 0.25) is 15.9 Å². The molecule has 0 aliphatic heterocycles. The van der Waals surface area contributed by atoms with Gasteiger partial charge in [-0.15, -0.1) is 0 Å². The molecule has 0 bridgehead atoms. The fourth-order valence-corrected chi connectivity index (χ4v) is 6.35. The quantitative estimate of drug-likeness (QED) is 0.235. The van der Waals surface area contributed by atoms with Crippen LogP contribution in [0.15, 0.2) is 77.7 Å². The van der Waals surface area contributed by atoms with Crippen LogP contribution in [0.3, 0.4) is 0 Å². The number of carboxylic acids is 1. The highest BCUT2D eigenvalue weighted by molar-refractivity contribution is 7.89. The first-order chi connectivity index (χ1) is 19.6. The lowest BCUT2D eigenvalue weighted by molar-refractivity contribution is -0.136. The lowest BCUT2D eigenvalue weighted by Gasteiger charge is -2.29. The summed E-state index contributed by atoms with van der Waals surface area (Å²) >= 11 is 0. The Balaban J connectivity index is 1.26. The molecule has 3 aromatic rings. The number of halogens is 1. The molecule has 1 aliphatic rings. The zero-order valence-corrected chi connectivity index (χ0v) is 23.8. The Labute approximate surface area is 240 Å². The molecule has 1 amide bonds. The minimum Gasteiger partial charge on any atom is -0.480 e. The van der Waals surface area contributed by atoms with Crippen molar-refractivity contribution in [3.63, 3.8) is 0 Å². The van der Waals surface area contributed by atoms with Gasteiger partial charge in [-0.1, -0.05) is 48.5 Å². The number of rotatable bonds is 12. The van der Waals surface area contributed by atoms with Gasteiger partial charge >= 0.3 is 5.97 Å². The number of carboxylic acid groups (broad SMARTS) is 1. The highest BCUT2D eigenvalue weighted by Crippen LogP contribution is 2.27. The summed E-state index contributed by atoms with van der Waals surface area (Å²) in [5.41, 5.74) is 3.74. The van der Waals surface area contributed by atoms with E-state index in [1.807, 2.05) is 31.2 Å². The average molecular weight is 582 g/mol. The van der Waals surface area contributed by atoms with Gasteiger partial charge in [0, 0.05) is 12.0 Å². The van der Waals surface area contributed by atoms with Crippen LogP contribution in [0.5, 0.6) is 0 Å². The molecule has 0 heterocycles. The van der Waals surface area contributed by atoms with E-state index in [0.29, 0.717) is 38.6 Å². The number of hydrogen-bond acceptors (Lipinski definition) is 5. The third kappa shape index (κ3) is 8.69. The molecule has 8 nitrogen and oxygen atoms in total. The van der Waals surface area contributed by atoms with E-state index in [2.05, 4.69) is 15.4 Å². The highest BCUT2D eigenvalue weighted by Gasteiger charge is 2.29. The predicted octanol–water partition coefficient (Wildman–Crippen LogP) is 4.42. The number of aliphatic carboxylic acids is 1. The van der Waals surface area contributed by atoms with Crippen LogP contribution in [0.1, 0.15) is 49.8 Å². The van der Waals surface area contributed by atoms with E-state index in [4.69, 9.17) is 5.11 Å². The van der Waals surface area contributed by atoms with Gasteiger partial charge in [0.25, 0.3) is 0 Å². The lowest BCUT2D eigenvalue weighted by Crippen LogP contribution is -2.41. The van der Waals surface area contributed by atoms with Crippen LogP contribution in [0.25, 0.3) is 11.1 Å². The maximum Gasteiger partial charge on any atom is 0.317 e. The van der Waals surface area contributed by atoms with Crippen molar-refractivity contribution in [2.75, 3.05) is 13.1 Å². The molecule has 1 aliphatic carbocycles. The van der Waals surface area contributed by atoms with Gasteiger partial charge in [-0.25, -0.2) is 17.5 Å². The van der Waals surface area contributed by atoms with E-state index >= 15 is 0 Å². The van der Waals surface area contributed by atoms with Crippen LogP contribution in [0, 0.1) is 11.7 Å².